The molecule has 37 heavy (non-hydrogen) atoms. The quantitative estimate of drug-likeness (QED) is 0.211. The van der Waals surface area contributed by atoms with Crippen molar-refractivity contribution in [3.8, 4) is 0 Å². The molecule has 0 saturated heterocycles. The summed E-state index contributed by atoms with van der Waals surface area (Å²) < 4.78 is 0. The second-order valence-corrected chi connectivity index (χ2v) is 9.77. The van der Waals surface area contributed by atoms with Gasteiger partial charge in [-0.1, -0.05) is 158 Å². The second kappa shape index (κ2) is 9.91. The fourth-order valence-corrected chi connectivity index (χ4v) is 6.14. The molecule has 0 heteroatoms. The minimum atomic E-state index is -0.455. The van der Waals surface area contributed by atoms with Crippen LogP contribution in [0.2, 0.25) is 0 Å². The van der Waals surface area contributed by atoms with Crippen molar-refractivity contribution in [1.82, 2.24) is 0 Å². The molecule has 6 aromatic carbocycles. The third kappa shape index (κ3) is 3.96. The Hall–Kier alpha value is -4.42. The Balaban J connectivity index is 1.82. The van der Waals surface area contributed by atoms with Crippen molar-refractivity contribution in [2.24, 2.45) is 0 Å². The van der Waals surface area contributed by atoms with Crippen molar-refractivity contribution in [2.75, 3.05) is 0 Å². The van der Waals surface area contributed by atoms with Crippen LogP contribution in [0.4, 0.5) is 0 Å². The van der Waals surface area contributed by atoms with Gasteiger partial charge in [0.15, 0.2) is 0 Å². The summed E-state index contributed by atoms with van der Waals surface area (Å²) in [4.78, 5) is 0. The number of rotatable bonds is 6. The minimum absolute atomic E-state index is 0.0337. The van der Waals surface area contributed by atoms with Crippen molar-refractivity contribution in [3.63, 3.8) is 0 Å². The van der Waals surface area contributed by atoms with Gasteiger partial charge in [-0.15, -0.1) is 0 Å². The maximum atomic E-state index is 2.36. The average molecular weight is 475 g/mol. The molecule has 0 saturated carbocycles. The summed E-state index contributed by atoms with van der Waals surface area (Å²) in [5, 5.41) is 2.62. The van der Waals surface area contributed by atoms with Gasteiger partial charge in [0.25, 0.3) is 0 Å². The fourth-order valence-electron chi connectivity index (χ4n) is 6.14. The summed E-state index contributed by atoms with van der Waals surface area (Å²) in [7, 11) is 0. The number of fused-ring (bicyclic) bond motifs is 1. The van der Waals surface area contributed by atoms with Crippen LogP contribution in [0.3, 0.4) is 0 Å². The van der Waals surface area contributed by atoms with E-state index >= 15 is 0 Å². The number of hydrogen-bond acceptors (Lipinski definition) is 0. The van der Waals surface area contributed by atoms with E-state index in [1.54, 1.807) is 0 Å². The normalized spacial score (nSPS) is 12.4. The first-order chi connectivity index (χ1) is 18.3. The zero-order valence-electron chi connectivity index (χ0n) is 21.1. The number of hydrogen-bond donors (Lipinski definition) is 0. The largest absolute Gasteiger partial charge is 0.0622 e. The van der Waals surface area contributed by atoms with Gasteiger partial charge < -0.3 is 0 Å². The lowest BCUT2D eigenvalue weighted by atomic mass is 9.57. The molecule has 0 bridgehead atoms. The molecule has 0 heterocycles. The third-order valence-corrected chi connectivity index (χ3v) is 7.74. The van der Waals surface area contributed by atoms with E-state index in [1.807, 2.05) is 0 Å². The van der Waals surface area contributed by atoms with Crippen LogP contribution in [0, 0.1) is 6.92 Å². The summed E-state index contributed by atoms with van der Waals surface area (Å²) in [6, 6.07) is 57.7. The first kappa shape index (κ1) is 23.0. The van der Waals surface area contributed by atoms with Crippen LogP contribution < -0.4 is 0 Å². The maximum absolute atomic E-state index is 2.36. The van der Waals surface area contributed by atoms with Crippen LogP contribution >= 0.6 is 0 Å². The highest BCUT2D eigenvalue weighted by molar-refractivity contribution is 5.90. The molecule has 0 N–H and O–H groups in total. The Labute approximate surface area is 219 Å². The molecule has 0 amide bonds. The van der Waals surface area contributed by atoms with Crippen molar-refractivity contribution in [3.05, 3.63) is 191 Å². The summed E-state index contributed by atoms with van der Waals surface area (Å²) in [5.41, 5.74) is 7.33. The molecule has 0 aliphatic carbocycles. The lowest BCUT2D eigenvalue weighted by Gasteiger charge is -2.44. The highest BCUT2D eigenvalue weighted by atomic mass is 14.5. The van der Waals surface area contributed by atoms with Gasteiger partial charge in [0, 0.05) is 5.92 Å². The SMILES string of the molecule is Cc1ccc(C(c2ccccc2)C(c2ccccc2)(c2ccccc2)c2ccccc2)c2ccccc12. The number of aryl methyl sites for hydroxylation is 1. The van der Waals surface area contributed by atoms with Gasteiger partial charge in [0.05, 0.1) is 5.41 Å². The van der Waals surface area contributed by atoms with E-state index in [4.69, 9.17) is 0 Å². The molecular formula is C37H30. The predicted molar refractivity (Wildman–Crippen MR) is 156 cm³/mol. The van der Waals surface area contributed by atoms with Crippen molar-refractivity contribution >= 4 is 10.8 Å². The Kier molecular flexibility index (Phi) is 6.16. The van der Waals surface area contributed by atoms with Crippen LogP contribution in [0.25, 0.3) is 10.8 Å². The molecule has 0 nitrogen and oxygen atoms in total. The Morgan fingerprint density at radius 2 is 0.811 bits per heavy atom. The van der Waals surface area contributed by atoms with Crippen molar-refractivity contribution in [2.45, 2.75) is 18.3 Å². The Morgan fingerprint density at radius 1 is 0.405 bits per heavy atom. The van der Waals surface area contributed by atoms with Crippen LogP contribution in [0.15, 0.2) is 158 Å². The molecule has 0 fully saturated rings. The summed E-state index contributed by atoms with van der Waals surface area (Å²) >= 11 is 0. The van der Waals surface area contributed by atoms with E-state index in [1.165, 1.54) is 44.2 Å². The Bertz CT molecular complexity index is 1500. The molecule has 0 spiro atoms. The molecular weight excluding hydrogens is 444 g/mol. The van der Waals surface area contributed by atoms with Crippen LogP contribution in [0.5, 0.6) is 0 Å². The van der Waals surface area contributed by atoms with E-state index in [0.29, 0.717) is 0 Å². The maximum Gasteiger partial charge on any atom is 0.0560 e. The van der Waals surface area contributed by atoms with E-state index < -0.39 is 5.41 Å². The van der Waals surface area contributed by atoms with Crippen LogP contribution in [-0.2, 0) is 5.41 Å². The monoisotopic (exact) mass is 474 g/mol. The molecule has 6 rings (SSSR count). The highest BCUT2D eigenvalue weighted by Crippen LogP contribution is 2.53. The lowest BCUT2D eigenvalue weighted by molar-refractivity contribution is 0.540. The number of benzene rings is 6. The Morgan fingerprint density at radius 3 is 1.30 bits per heavy atom. The molecule has 0 radical (unpaired) electrons. The van der Waals surface area contributed by atoms with E-state index in [9.17, 15) is 0 Å². The zero-order valence-corrected chi connectivity index (χ0v) is 21.1. The molecule has 1 unspecified atom stereocenters. The zero-order chi connectivity index (χ0) is 25.1. The smallest absolute Gasteiger partial charge is 0.0560 e. The van der Waals surface area contributed by atoms with E-state index in [2.05, 4.69) is 165 Å². The van der Waals surface area contributed by atoms with Gasteiger partial charge in [-0.25, -0.2) is 0 Å². The predicted octanol–water partition coefficient (Wildman–Crippen LogP) is 9.31. The topological polar surface area (TPSA) is 0 Å². The molecule has 178 valence electrons. The first-order valence-electron chi connectivity index (χ1n) is 13.0. The van der Waals surface area contributed by atoms with Gasteiger partial charge in [-0.05, 0) is 51.1 Å². The van der Waals surface area contributed by atoms with Crippen molar-refractivity contribution in [1.29, 1.82) is 0 Å². The van der Waals surface area contributed by atoms with E-state index in [-0.39, 0.29) is 5.92 Å². The fraction of sp³-hybridized carbons (Fsp3) is 0.0811. The second-order valence-electron chi connectivity index (χ2n) is 9.77. The molecule has 0 aliphatic rings. The van der Waals surface area contributed by atoms with Gasteiger partial charge >= 0.3 is 0 Å². The van der Waals surface area contributed by atoms with Crippen LogP contribution in [-0.4, -0.2) is 0 Å². The van der Waals surface area contributed by atoms with Gasteiger partial charge in [-0.3, -0.25) is 0 Å². The molecule has 1 atom stereocenters. The highest BCUT2D eigenvalue weighted by Gasteiger charge is 2.45. The van der Waals surface area contributed by atoms with Gasteiger partial charge in [-0.2, -0.15) is 0 Å². The average Bonchev–Trinajstić information content (AvgIpc) is 2.99. The summed E-state index contributed by atoms with van der Waals surface area (Å²) in [6.45, 7) is 2.21. The third-order valence-electron chi connectivity index (χ3n) is 7.74. The molecule has 0 aromatic heterocycles. The van der Waals surface area contributed by atoms with Gasteiger partial charge in [0.2, 0.25) is 0 Å². The minimum Gasteiger partial charge on any atom is -0.0622 e. The van der Waals surface area contributed by atoms with Crippen LogP contribution in [0.1, 0.15) is 39.3 Å². The van der Waals surface area contributed by atoms with E-state index in [0.717, 1.165) is 0 Å². The molecule has 6 aromatic rings. The first-order valence-corrected chi connectivity index (χ1v) is 13.0. The summed E-state index contributed by atoms with van der Waals surface area (Å²) in [5.74, 6) is 0.0337. The van der Waals surface area contributed by atoms with Gasteiger partial charge in [0.1, 0.15) is 0 Å². The standard InChI is InChI=1S/C37H30/c1-28-26-27-35(34-25-15-14-24-33(28)34)36(29-16-6-2-7-17-29)37(30-18-8-3-9-19-30,31-20-10-4-11-21-31)32-22-12-5-13-23-32/h2-27,36H,1H3. The molecule has 0 aliphatic heterocycles. The summed E-state index contributed by atoms with van der Waals surface area (Å²) in [6.07, 6.45) is 0. The lowest BCUT2D eigenvalue weighted by Crippen LogP contribution is -2.37. The van der Waals surface area contributed by atoms with Crippen molar-refractivity contribution < 1.29 is 0 Å².